The van der Waals surface area contributed by atoms with Gasteiger partial charge in [0.25, 0.3) is 0 Å². The normalized spacial score (nSPS) is 15.2. The third-order valence-electron chi connectivity index (χ3n) is 3.61. The molecule has 110 valence electrons. The molecule has 0 saturated carbocycles. The minimum absolute atomic E-state index is 0.238. The van der Waals surface area contributed by atoms with Crippen molar-refractivity contribution in [3.63, 3.8) is 0 Å². The van der Waals surface area contributed by atoms with Crippen molar-refractivity contribution in [2.75, 3.05) is 33.7 Å². The summed E-state index contributed by atoms with van der Waals surface area (Å²) in [7, 11) is 4.22. The first-order chi connectivity index (χ1) is 9.04. The van der Waals surface area contributed by atoms with E-state index in [9.17, 15) is 0 Å². The topological polar surface area (TPSA) is 50.3 Å². The van der Waals surface area contributed by atoms with E-state index in [2.05, 4.69) is 54.2 Å². The van der Waals surface area contributed by atoms with Crippen molar-refractivity contribution in [3.05, 3.63) is 18.2 Å². The van der Waals surface area contributed by atoms with Crippen LogP contribution in [0.5, 0.6) is 0 Å². The highest BCUT2D eigenvalue weighted by Gasteiger charge is 2.25. The maximum Gasteiger partial charge on any atom is 0.0948 e. The Morgan fingerprint density at radius 1 is 1.37 bits per heavy atom. The lowest BCUT2D eigenvalue weighted by molar-refractivity contribution is 0.126. The van der Waals surface area contributed by atoms with Gasteiger partial charge in [0.15, 0.2) is 0 Å². The first-order valence-corrected chi connectivity index (χ1v) is 7.15. The van der Waals surface area contributed by atoms with E-state index in [1.807, 2.05) is 12.5 Å². The van der Waals surface area contributed by atoms with Crippen LogP contribution in [0, 0.1) is 0 Å². The molecule has 1 aromatic heterocycles. The molecule has 0 fully saturated rings. The van der Waals surface area contributed by atoms with Gasteiger partial charge >= 0.3 is 0 Å². The molecule has 0 bridgehead atoms. The van der Waals surface area contributed by atoms with Crippen LogP contribution < -0.4 is 5.73 Å². The van der Waals surface area contributed by atoms with Gasteiger partial charge in [0, 0.05) is 31.9 Å². The fraction of sp³-hybridized carbons (Fsp3) is 0.786. The van der Waals surface area contributed by atoms with Crippen molar-refractivity contribution in [1.82, 2.24) is 19.4 Å². The molecule has 1 heterocycles. The van der Waals surface area contributed by atoms with E-state index in [1.54, 1.807) is 0 Å². The minimum atomic E-state index is 0.238. The standard InChI is InChI=1S/C14H29N5/c1-6-18-11-16-9-14(18)13(8-15)19(7-2)12(3)10-17(4)5/h9,11-13H,6-8,10,15H2,1-5H3. The number of hydrogen-bond donors (Lipinski definition) is 1. The molecule has 0 aromatic carbocycles. The summed E-state index contributed by atoms with van der Waals surface area (Å²) in [5.41, 5.74) is 7.26. The van der Waals surface area contributed by atoms with E-state index in [4.69, 9.17) is 5.73 Å². The van der Waals surface area contributed by atoms with E-state index in [0.717, 1.165) is 19.6 Å². The number of aromatic nitrogens is 2. The van der Waals surface area contributed by atoms with Gasteiger partial charge in [-0.15, -0.1) is 0 Å². The third kappa shape index (κ3) is 4.03. The van der Waals surface area contributed by atoms with Crippen LogP contribution in [0.1, 0.15) is 32.5 Å². The van der Waals surface area contributed by atoms with Crippen LogP contribution in [-0.4, -0.2) is 59.1 Å². The molecule has 0 radical (unpaired) electrons. The minimum Gasteiger partial charge on any atom is -0.333 e. The summed E-state index contributed by atoms with van der Waals surface area (Å²) in [6, 6.07) is 0.705. The lowest BCUT2D eigenvalue weighted by atomic mass is 10.1. The number of rotatable bonds is 8. The Hall–Kier alpha value is -0.910. The van der Waals surface area contributed by atoms with Crippen molar-refractivity contribution in [3.8, 4) is 0 Å². The predicted octanol–water partition coefficient (Wildman–Crippen LogP) is 1.17. The number of aryl methyl sites for hydroxylation is 1. The lowest BCUT2D eigenvalue weighted by Crippen LogP contribution is -2.45. The molecule has 5 heteroatoms. The van der Waals surface area contributed by atoms with Gasteiger partial charge < -0.3 is 15.2 Å². The largest absolute Gasteiger partial charge is 0.333 e. The molecule has 0 amide bonds. The molecular formula is C14H29N5. The molecule has 0 aliphatic heterocycles. The highest BCUT2D eigenvalue weighted by Crippen LogP contribution is 2.22. The molecule has 0 aliphatic rings. The molecule has 0 spiro atoms. The lowest BCUT2D eigenvalue weighted by Gasteiger charge is -2.36. The maximum absolute atomic E-state index is 6.04. The second-order valence-corrected chi connectivity index (χ2v) is 5.30. The van der Waals surface area contributed by atoms with Gasteiger partial charge in [-0.1, -0.05) is 6.92 Å². The second-order valence-electron chi connectivity index (χ2n) is 5.30. The fourth-order valence-electron chi connectivity index (χ4n) is 2.77. The highest BCUT2D eigenvalue weighted by molar-refractivity contribution is 5.07. The van der Waals surface area contributed by atoms with Gasteiger partial charge in [0.05, 0.1) is 18.1 Å². The molecule has 2 N–H and O–H groups in total. The highest BCUT2D eigenvalue weighted by atomic mass is 15.2. The average Bonchev–Trinajstić information content (AvgIpc) is 2.82. The predicted molar refractivity (Wildman–Crippen MR) is 80.1 cm³/mol. The SMILES string of the molecule is CCN(C(C)CN(C)C)C(CN)c1cncn1CC. The van der Waals surface area contributed by atoms with Gasteiger partial charge in [-0.3, -0.25) is 4.90 Å². The van der Waals surface area contributed by atoms with Crippen molar-refractivity contribution in [2.24, 2.45) is 5.73 Å². The van der Waals surface area contributed by atoms with Gasteiger partial charge in [0.1, 0.15) is 0 Å². The molecule has 2 atom stereocenters. The number of hydrogen-bond acceptors (Lipinski definition) is 4. The molecule has 0 saturated heterocycles. The van der Waals surface area contributed by atoms with E-state index in [1.165, 1.54) is 5.69 Å². The fourth-order valence-corrected chi connectivity index (χ4v) is 2.77. The second kappa shape index (κ2) is 7.62. The zero-order valence-electron chi connectivity index (χ0n) is 13.0. The maximum atomic E-state index is 6.04. The van der Waals surface area contributed by atoms with Crippen LogP contribution in [0.2, 0.25) is 0 Å². The monoisotopic (exact) mass is 267 g/mol. The smallest absolute Gasteiger partial charge is 0.0948 e. The van der Waals surface area contributed by atoms with Crippen LogP contribution in [0.3, 0.4) is 0 Å². The van der Waals surface area contributed by atoms with Crippen LogP contribution in [0.15, 0.2) is 12.5 Å². The Morgan fingerprint density at radius 3 is 2.53 bits per heavy atom. The summed E-state index contributed by atoms with van der Waals surface area (Å²) in [6.07, 6.45) is 3.84. The van der Waals surface area contributed by atoms with Crippen molar-refractivity contribution < 1.29 is 0 Å². The first kappa shape index (κ1) is 16.1. The van der Waals surface area contributed by atoms with E-state index < -0.39 is 0 Å². The summed E-state index contributed by atoms with van der Waals surface area (Å²) in [5, 5.41) is 0. The molecule has 2 unspecified atom stereocenters. The Balaban J connectivity index is 2.92. The van der Waals surface area contributed by atoms with Gasteiger partial charge in [0.2, 0.25) is 0 Å². The summed E-state index contributed by atoms with van der Waals surface area (Å²) in [4.78, 5) is 8.95. The molecule has 0 aliphatic carbocycles. The number of likely N-dealkylation sites (N-methyl/N-ethyl adjacent to an activating group) is 2. The van der Waals surface area contributed by atoms with Crippen LogP contribution in [0.25, 0.3) is 0 Å². The quantitative estimate of drug-likeness (QED) is 0.768. The average molecular weight is 267 g/mol. The summed E-state index contributed by atoms with van der Waals surface area (Å²) < 4.78 is 2.18. The zero-order valence-corrected chi connectivity index (χ0v) is 13.0. The van der Waals surface area contributed by atoms with Gasteiger partial charge in [-0.05, 0) is 34.5 Å². The van der Waals surface area contributed by atoms with Crippen LogP contribution >= 0.6 is 0 Å². The van der Waals surface area contributed by atoms with E-state index in [0.29, 0.717) is 12.6 Å². The number of imidazole rings is 1. The Kier molecular flexibility index (Phi) is 6.48. The van der Waals surface area contributed by atoms with E-state index >= 15 is 0 Å². The van der Waals surface area contributed by atoms with Crippen LogP contribution in [-0.2, 0) is 6.54 Å². The van der Waals surface area contributed by atoms with Crippen molar-refractivity contribution in [2.45, 2.75) is 39.4 Å². The molecule has 19 heavy (non-hydrogen) atoms. The van der Waals surface area contributed by atoms with Crippen molar-refractivity contribution in [1.29, 1.82) is 0 Å². The van der Waals surface area contributed by atoms with Gasteiger partial charge in [-0.2, -0.15) is 0 Å². The van der Waals surface area contributed by atoms with Crippen molar-refractivity contribution >= 4 is 0 Å². The zero-order chi connectivity index (χ0) is 14.4. The molecule has 1 aromatic rings. The Morgan fingerprint density at radius 2 is 2.05 bits per heavy atom. The number of nitrogens with two attached hydrogens (primary N) is 1. The third-order valence-corrected chi connectivity index (χ3v) is 3.61. The summed E-state index contributed by atoms with van der Waals surface area (Å²) >= 11 is 0. The van der Waals surface area contributed by atoms with Gasteiger partial charge in [-0.25, -0.2) is 4.98 Å². The Bertz CT molecular complexity index is 360. The molecule has 1 rings (SSSR count). The molecular weight excluding hydrogens is 238 g/mol. The molecule has 5 nitrogen and oxygen atoms in total. The summed E-state index contributed by atoms with van der Waals surface area (Å²) in [5.74, 6) is 0. The number of nitrogens with zero attached hydrogens (tertiary/aromatic N) is 4. The van der Waals surface area contributed by atoms with E-state index in [-0.39, 0.29) is 6.04 Å². The Labute approximate surface area is 117 Å². The van der Waals surface area contributed by atoms with Crippen LogP contribution in [0.4, 0.5) is 0 Å². The first-order valence-electron chi connectivity index (χ1n) is 7.15. The summed E-state index contributed by atoms with van der Waals surface area (Å²) in [6.45, 7) is 10.2.